The first-order valence-corrected chi connectivity index (χ1v) is 8.54. The summed E-state index contributed by atoms with van der Waals surface area (Å²) in [4.78, 5) is 16.7. The molecule has 0 radical (unpaired) electrons. The van der Waals surface area contributed by atoms with Crippen molar-refractivity contribution in [2.75, 3.05) is 0 Å². The van der Waals surface area contributed by atoms with E-state index < -0.39 is 6.09 Å². The van der Waals surface area contributed by atoms with Crippen molar-refractivity contribution in [2.24, 2.45) is 0 Å². The van der Waals surface area contributed by atoms with E-state index in [4.69, 9.17) is 4.74 Å². The molecule has 1 aromatic heterocycles. The fraction of sp³-hybridized carbons (Fsp3) is 0.158. The average molecular weight is 338 g/mol. The lowest BCUT2D eigenvalue weighted by molar-refractivity contribution is 0.137. The number of alkyl carbamates (subject to hydrolysis) is 1. The third kappa shape index (κ3) is 4.20. The Morgan fingerprint density at radius 3 is 2.42 bits per heavy atom. The predicted octanol–water partition coefficient (Wildman–Crippen LogP) is 4.47. The molecule has 0 aliphatic rings. The van der Waals surface area contributed by atoms with E-state index in [0.29, 0.717) is 0 Å². The summed E-state index contributed by atoms with van der Waals surface area (Å²) in [6.07, 6.45) is -0.458. The number of carbonyl (C=O) groups is 1. The predicted molar refractivity (Wildman–Crippen MR) is 94.9 cm³/mol. The summed E-state index contributed by atoms with van der Waals surface area (Å²) in [6.45, 7) is 2.18. The number of aryl methyl sites for hydroxylation is 1. The minimum Gasteiger partial charge on any atom is -0.445 e. The van der Waals surface area contributed by atoms with Crippen LogP contribution in [0.4, 0.5) is 4.79 Å². The molecular weight excluding hydrogens is 320 g/mol. The van der Waals surface area contributed by atoms with E-state index in [9.17, 15) is 4.79 Å². The minimum atomic E-state index is -0.458. The molecule has 0 unspecified atom stereocenters. The molecule has 24 heavy (non-hydrogen) atoms. The van der Waals surface area contributed by atoms with Gasteiger partial charge in [0.05, 0.1) is 0 Å². The number of thiazole rings is 1. The van der Waals surface area contributed by atoms with Crippen molar-refractivity contribution in [1.29, 1.82) is 0 Å². The summed E-state index contributed by atoms with van der Waals surface area (Å²) in [5, 5.41) is 5.74. The van der Waals surface area contributed by atoms with Crippen LogP contribution in [-0.4, -0.2) is 11.1 Å². The van der Waals surface area contributed by atoms with Crippen LogP contribution >= 0.6 is 11.3 Å². The highest BCUT2D eigenvalue weighted by Gasteiger charge is 2.20. The van der Waals surface area contributed by atoms with Crippen LogP contribution in [0, 0.1) is 6.92 Å². The lowest BCUT2D eigenvalue weighted by atomic mass is 10.1. The number of aromatic nitrogens is 1. The van der Waals surface area contributed by atoms with Crippen LogP contribution in [0.15, 0.2) is 66.0 Å². The zero-order chi connectivity index (χ0) is 16.8. The molecule has 5 heteroatoms. The average Bonchev–Trinajstić information content (AvgIpc) is 3.05. The number of nitrogens with one attached hydrogen (secondary N) is 1. The number of nitrogens with zero attached hydrogens (tertiary/aromatic N) is 1. The smallest absolute Gasteiger partial charge is 0.408 e. The summed E-state index contributed by atoms with van der Waals surface area (Å²) < 4.78 is 5.34. The van der Waals surface area contributed by atoms with Gasteiger partial charge in [0.1, 0.15) is 17.7 Å². The fourth-order valence-corrected chi connectivity index (χ4v) is 3.19. The minimum absolute atomic E-state index is 0.241. The van der Waals surface area contributed by atoms with Crippen LogP contribution in [0.3, 0.4) is 0 Å². The summed E-state index contributed by atoms with van der Waals surface area (Å²) in [6, 6.07) is 19.1. The molecule has 1 amide bonds. The number of amides is 1. The van der Waals surface area contributed by atoms with Crippen molar-refractivity contribution in [1.82, 2.24) is 10.3 Å². The van der Waals surface area contributed by atoms with Crippen molar-refractivity contribution in [3.05, 3.63) is 87.9 Å². The van der Waals surface area contributed by atoms with Crippen molar-refractivity contribution in [2.45, 2.75) is 19.6 Å². The Morgan fingerprint density at radius 2 is 1.79 bits per heavy atom. The number of ether oxygens (including phenoxy) is 1. The Balaban J connectivity index is 1.71. The molecule has 0 aliphatic carbocycles. The molecule has 122 valence electrons. The van der Waals surface area contributed by atoms with Gasteiger partial charge in [-0.2, -0.15) is 0 Å². The lowest BCUT2D eigenvalue weighted by Gasteiger charge is -2.17. The molecule has 0 saturated carbocycles. The van der Waals surface area contributed by atoms with Gasteiger partial charge in [0.25, 0.3) is 0 Å². The van der Waals surface area contributed by atoms with Crippen LogP contribution in [-0.2, 0) is 11.3 Å². The van der Waals surface area contributed by atoms with Gasteiger partial charge < -0.3 is 10.1 Å². The maximum atomic E-state index is 12.2. The van der Waals surface area contributed by atoms with Crippen molar-refractivity contribution < 1.29 is 9.53 Å². The second kappa shape index (κ2) is 7.75. The molecule has 0 bridgehead atoms. The number of carbonyl (C=O) groups excluding carboxylic acids is 1. The second-order valence-corrected chi connectivity index (χ2v) is 6.27. The Morgan fingerprint density at radius 1 is 1.12 bits per heavy atom. The fourth-order valence-electron chi connectivity index (χ4n) is 2.32. The third-order valence-electron chi connectivity index (χ3n) is 3.49. The van der Waals surface area contributed by atoms with Gasteiger partial charge in [0.15, 0.2) is 0 Å². The van der Waals surface area contributed by atoms with E-state index in [-0.39, 0.29) is 12.6 Å². The topological polar surface area (TPSA) is 51.2 Å². The molecule has 1 N–H and O–H groups in total. The van der Waals surface area contributed by atoms with Gasteiger partial charge in [-0.05, 0) is 18.1 Å². The molecule has 3 rings (SSSR count). The lowest BCUT2D eigenvalue weighted by Crippen LogP contribution is -2.29. The Kier molecular flexibility index (Phi) is 5.23. The van der Waals surface area contributed by atoms with Crippen molar-refractivity contribution >= 4 is 17.4 Å². The number of benzene rings is 2. The van der Waals surface area contributed by atoms with Crippen LogP contribution in [0.25, 0.3) is 0 Å². The highest BCUT2D eigenvalue weighted by atomic mass is 32.1. The first kappa shape index (κ1) is 16.2. The standard InChI is InChI=1S/C19H18N2O2S/c1-14-13-24-18(20-14)17(16-10-6-3-7-11-16)21-19(22)23-12-15-8-4-2-5-9-15/h2-11,13,17H,12H2,1H3,(H,21,22)/t17-/m1/s1. The molecule has 2 aromatic carbocycles. The zero-order valence-corrected chi connectivity index (χ0v) is 14.1. The van der Waals surface area contributed by atoms with E-state index in [0.717, 1.165) is 21.8 Å². The third-order valence-corrected chi connectivity index (χ3v) is 4.52. The van der Waals surface area contributed by atoms with E-state index in [2.05, 4.69) is 10.3 Å². The van der Waals surface area contributed by atoms with Gasteiger partial charge in [0, 0.05) is 11.1 Å². The molecule has 0 saturated heterocycles. The summed E-state index contributed by atoms with van der Waals surface area (Å²) >= 11 is 1.53. The maximum absolute atomic E-state index is 12.2. The normalized spacial score (nSPS) is 11.7. The Hall–Kier alpha value is -2.66. The van der Waals surface area contributed by atoms with Crippen LogP contribution < -0.4 is 5.32 Å². The van der Waals surface area contributed by atoms with Gasteiger partial charge >= 0.3 is 6.09 Å². The van der Waals surface area contributed by atoms with Gasteiger partial charge in [-0.15, -0.1) is 11.3 Å². The van der Waals surface area contributed by atoms with E-state index >= 15 is 0 Å². The second-order valence-electron chi connectivity index (χ2n) is 5.38. The quantitative estimate of drug-likeness (QED) is 0.747. The van der Waals surface area contributed by atoms with E-state index in [1.54, 1.807) is 0 Å². The zero-order valence-electron chi connectivity index (χ0n) is 13.3. The summed E-state index contributed by atoms with van der Waals surface area (Å²) in [5.41, 5.74) is 2.87. The molecule has 0 fully saturated rings. The first-order chi connectivity index (χ1) is 11.7. The van der Waals surface area contributed by atoms with Crippen LogP contribution in [0.5, 0.6) is 0 Å². The molecule has 1 heterocycles. The number of hydrogen-bond donors (Lipinski definition) is 1. The molecule has 4 nitrogen and oxygen atoms in total. The molecule has 3 aromatic rings. The van der Waals surface area contributed by atoms with Crippen molar-refractivity contribution in [3.63, 3.8) is 0 Å². The van der Waals surface area contributed by atoms with Crippen molar-refractivity contribution in [3.8, 4) is 0 Å². The van der Waals surface area contributed by atoms with Crippen LogP contribution in [0.2, 0.25) is 0 Å². The molecular formula is C19H18N2O2S. The summed E-state index contributed by atoms with van der Waals surface area (Å²) in [7, 11) is 0. The van der Waals surface area contributed by atoms with Gasteiger partial charge in [-0.25, -0.2) is 9.78 Å². The monoisotopic (exact) mass is 338 g/mol. The first-order valence-electron chi connectivity index (χ1n) is 7.66. The number of rotatable bonds is 5. The van der Waals surface area contributed by atoms with Gasteiger partial charge in [0.2, 0.25) is 0 Å². The highest BCUT2D eigenvalue weighted by Crippen LogP contribution is 2.25. The Labute approximate surface area is 145 Å². The van der Waals surface area contributed by atoms with E-state index in [1.807, 2.05) is 73.0 Å². The van der Waals surface area contributed by atoms with Gasteiger partial charge in [-0.3, -0.25) is 0 Å². The van der Waals surface area contributed by atoms with Crippen LogP contribution in [0.1, 0.15) is 27.9 Å². The highest BCUT2D eigenvalue weighted by molar-refractivity contribution is 7.09. The molecule has 0 spiro atoms. The summed E-state index contributed by atoms with van der Waals surface area (Å²) in [5.74, 6) is 0. The number of hydrogen-bond acceptors (Lipinski definition) is 4. The molecule has 1 atom stereocenters. The Bertz CT molecular complexity index is 787. The van der Waals surface area contributed by atoms with Gasteiger partial charge in [-0.1, -0.05) is 60.7 Å². The largest absolute Gasteiger partial charge is 0.445 e. The SMILES string of the molecule is Cc1csc([C@H](NC(=O)OCc2ccccc2)c2ccccc2)n1. The molecule has 0 aliphatic heterocycles. The maximum Gasteiger partial charge on any atom is 0.408 e. The van der Waals surface area contributed by atoms with E-state index in [1.165, 1.54) is 11.3 Å².